The number of hydrogen-bond acceptors (Lipinski definition) is 5. The van der Waals surface area contributed by atoms with Gasteiger partial charge < -0.3 is 15.4 Å². The Balaban J connectivity index is 1.63. The molecule has 188 valence electrons. The fraction of sp³-hybridized carbons (Fsp3) is 0.321. The van der Waals surface area contributed by atoms with Crippen molar-refractivity contribution in [3.05, 3.63) is 88.1 Å². The summed E-state index contributed by atoms with van der Waals surface area (Å²) in [5.41, 5.74) is 2.39. The number of anilines is 1. The van der Waals surface area contributed by atoms with Crippen LogP contribution in [0.4, 0.5) is 5.69 Å². The topological polar surface area (TPSA) is 87.7 Å². The average Bonchev–Trinajstić information content (AvgIpc) is 3.64. The van der Waals surface area contributed by atoms with Crippen LogP contribution in [0.5, 0.6) is 0 Å². The van der Waals surface area contributed by atoms with Gasteiger partial charge in [0.1, 0.15) is 6.04 Å². The van der Waals surface area contributed by atoms with Gasteiger partial charge in [0, 0.05) is 18.8 Å². The number of carbonyl (C=O) groups excluding carboxylic acids is 3. The molecule has 4 rings (SSSR count). The molecular weight excluding hydrogens is 474 g/mol. The van der Waals surface area contributed by atoms with Gasteiger partial charge in [-0.05, 0) is 54.0 Å². The van der Waals surface area contributed by atoms with E-state index in [-0.39, 0.29) is 30.4 Å². The first-order chi connectivity index (χ1) is 17.6. The Morgan fingerprint density at radius 3 is 2.44 bits per heavy atom. The smallest absolute Gasteiger partial charge is 0.261 e. The maximum absolute atomic E-state index is 13.7. The van der Waals surface area contributed by atoms with E-state index in [1.165, 1.54) is 16.2 Å². The lowest BCUT2D eigenvalue weighted by Crippen LogP contribution is -2.48. The van der Waals surface area contributed by atoms with Crippen molar-refractivity contribution in [1.29, 1.82) is 0 Å². The van der Waals surface area contributed by atoms with E-state index in [9.17, 15) is 14.4 Å². The molecule has 3 amide bonds. The van der Waals surface area contributed by atoms with Gasteiger partial charge in [0.15, 0.2) is 0 Å². The minimum atomic E-state index is -0.911. The van der Waals surface area contributed by atoms with Crippen molar-refractivity contribution in [2.45, 2.75) is 38.3 Å². The second-order valence-corrected chi connectivity index (χ2v) is 9.58. The van der Waals surface area contributed by atoms with Crippen molar-refractivity contribution >= 4 is 34.7 Å². The van der Waals surface area contributed by atoms with E-state index in [1.54, 1.807) is 12.1 Å². The van der Waals surface area contributed by atoms with Gasteiger partial charge in [0.05, 0.1) is 17.5 Å². The largest absolute Gasteiger partial charge is 0.376 e. The molecule has 2 aromatic carbocycles. The van der Waals surface area contributed by atoms with Gasteiger partial charge >= 0.3 is 0 Å². The Hall–Kier alpha value is -3.49. The molecule has 1 aromatic heterocycles. The van der Waals surface area contributed by atoms with Crippen molar-refractivity contribution < 1.29 is 19.1 Å². The number of rotatable bonds is 10. The van der Waals surface area contributed by atoms with Crippen molar-refractivity contribution in [3.8, 4) is 0 Å². The zero-order chi connectivity index (χ0) is 25.3. The second-order valence-electron chi connectivity index (χ2n) is 8.64. The highest BCUT2D eigenvalue weighted by Gasteiger charge is 2.33. The van der Waals surface area contributed by atoms with Crippen molar-refractivity contribution in [2.75, 3.05) is 24.6 Å². The van der Waals surface area contributed by atoms with E-state index in [2.05, 4.69) is 17.6 Å². The maximum Gasteiger partial charge on any atom is 0.261 e. The van der Waals surface area contributed by atoms with Crippen LogP contribution in [0.1, 0.15) is 46.6 Å². The number of carbonyl (C=O) groups is 3. The van der Waals surface area contributed by atoms with E-state index in [0.29, 0.717) is 29.3 Å². The third kappa shape index (κ3) is 6.38. The summed E-state index contributed by atoms with van der Waals surface area (Å²) in [5.74, 6) is -1.00. The maximum atomic E-state index is 13.7. The molecule has 2 atom stereocenters. The van der Waals surface area contributed by atoms with Crippen LogP contribution < -0.4 is 15.5 Å². The molecule has 2 N–H and O–H groups in total. The Morgan fingerprint density at radius 1 is 1.03 bits per heavy atom. The second kappa shape index (κ2) is 12.5. The van der Waals surface area contributed by atoms with Gasteiger partial charge in [-0.1, -0.05) is 55.5 Å². The molecule has 8 heteroatoms. The molecule has 1 aliphatic rings. The summed E-state index contributed by atoms with van der Waals surface area (Å²) in [4.78, 5) is 41.8. The number of nitrogens with one attached hydrogen (secondary N) is 2. The summed E-state index contributed by atoms with van der Waals surface area (Å²) in [6, 6.07) is 19.4. The van der Waals surface area contributed by atoms with Gasteiger partial charge in [-0.15, -0.1) is 11.3 Å². The van der Waals surface area contributed by atoms with Gasteiger partial charge in [0.2, 0.25) is 11.8 Å². The zero-order valence-corrected chi connectivity index (χ0v) is 21.1. The quantitative estimate of drug-likeness (QED) is 0.434. The number of benzene rings is 2. The first-order valence-electron chi connectivity index (χ1n) is 12.2. The number of ether oxygens (including phenoxy) is 1. The van der Waals surface area contributed by atoms with Crippen molar-refractivity contribution in [3.63, 3.8) is 0 Å². The number of nitrogens with zero attached hydrogens (tertiary/aromatic N) is 1. The fourth-order valence-electron chi connectivity index (χ4n) is 4.23. The summed E-state index contributed by atoms with van der Waals surface area (Å²) >= 11 is 1.31. The van der Waals surface area contributed by atoms with Crippen LogP contribution in [-0.2, 0) is 20.7 Å². The van der Waals surface area contributed by atoms with Crippen molar-refractivity contribution in [1.82, 2.24) is 10.6 Å². The van der Waals surface area contributed by atoms with Crippen LogP contribution in [0.3, 0.4) is 0 Å². The van der Waals surface area contributed by atoms with Gasteiger partial charge in [-0.25, -0.2) is 0 Å². The normalized spacial score (nSPS) is 15.8. The number of aryl methyl sites for hydroxylation is 1. The third-order valence-corrected chi connectivity index (χ3v) is 7.06. The van der Waals surface area contributed by atoms with Crippen LogP contribution in [0.2, 0.25) is 0 Å². The molecule has 3 aromatic rings. The molecule has 1 fully saturated rings. The van der Waals surface area contributed by atoms with E-state index < -0.39 is 6.04 Å². The lowest BCUT2D eigenvalue weighted by molar-refractivity contribution is -0.126. The Labute approximate surface area is 215 Å². The third-order valence-electron chi connectivity index (χ3n) is 6.19. The molecule has 36 heavy (non-hydrogen) atoms. The summed E-state index contributed by atoms with van der Waals surface area (Å²) in [5, 5.41) is 7.51. The summed E-state index contributed by atoms with van der Waals surface area (Å²) < 4.78 is 5.67. The summed E-state index contributed by atoms with van der Waals surface area (Å²) in [6.45, 7) is 2.90. The molecule has 1 saturated heterocycles. The molecule has 0 aliphatic carbocycles. The van der Waals surface area contributed by atoms with E-state index in [1.807, 2.05) is 60.0 Å². The molecule has 1 aliphatic heterocycles. The highest BCUT2D eigenvalue weighted by molar-refractivity contribution is 7.12. The van der Waals surface area contributed by atoms with Crippen LogP contribution >= 0.6 is 11.3 Å². The summed E-state index contributed by atoms with van der Waals surface area (Å²) in [6.07, 6.45) is 2.70. The number of thiophene rings is 1. The lowest BCUT2D eigenvalue weighted by Gasteiger charge is -2.32. The predicted molar refractivity (Wildman–Crippen MR) is 141 cm³/mol. The van der Waals surface area contributed by atoms with Gasteiger partial charge in [0.25, 0.3) is 5.91 Å². The Bertz CT molecular complexity index is 1140. The highest BCUT2D eigenvalue weighted by atomic mass is 32.1. The minimum Gasteiger partial charge on any atom is -0.376 e. The van der Waals surface area contributed by atoms with Gasteiger partial charge in [-0.2, -0.15) is 0 Å². The van der Waals surface area contributed by atoms with Gasteiger partial charge in [-0.3, -0.25) is 19.3 Å². The molecule has 0 spiro atoms. The van der Waals surface area contributed by atoms with E-state index in [0.717, 1.165) is 24.8 Å². The standard InChI is InChI=1S/C28H31N3O4S/c1-2-20-12-14-22(15-13-20)31(25(32)19-30-27(33)24-11-7-17-36-24)26(21-8-4-3-5-9-21)28(34)29-18-23-10-6-16-35-23/h3-5,7-9,11-15,17,23,26H,2,6,10,16,18-19H2,1H3,(H,29,34)(H,30,33)/t23-,26-/m0/s1. The number of amides is 3. The monoisotopic (exact) mass is 505 g/mol. The molecule has 0 radical (unpaired) electrons. The highest BCUT2D eigenvalue weighted by Crippen LogP contribution is 2.29. The molecule has 0 bridgehead atoms. The summed E-state index contributed by atoms with van der Waals surface area (Å²) in [7, 11) is 0. The lowest BCUT2D eigenvalue weighted by atomic mass is 10.0. The molecule has 7 nitrogen and oxygen atoms in total. The Kier molecular flexibility index (Phi) is 8.86. The first-order valence-corrected chi connectivity index (χ1v) is 13.1. The molecule has 2 heterocycles. The van der Waals surface area contributed by atoms with Crippen LogP contribution in [-0.4, -0.2) is 43.5 Å². The van der Waals surface area contributed by atoms with Crippen LogP contribution in [0, 0.1) is 0 Å². The first kappa shape index (κ1) is 25.6. The minimum absolute atomic E-state index is 0.0246. The molecule has 0 saturated carbocycles. The number of hydrogen-bond donors (Lipinski definition) is 2. The van der Waals surface area contributed by atoms with E-state index >= 15 is 0 Å². The zero-order valence-electron chi connectivity index (χ0n) is 20.3. The predicted octanol–water partition coefficient (Wildman–Crippen LogP) is 4.11. The Morgan fingerprint density at radius 2 is 1.81 bits per heavy atom. The molecular formula is C28H31N3O4S. The average molecular weight is 506 g/mol. The van der Waals surface area contributed by atoms with Crippen molar-refractivity contribution in [2.24, 2.45) is 0 Å². The van der Waals surface area contributed by atoms with Crippen LogP contribution in [0.15, 0.2) is 72.1 Å². The van der Waals surface area contributed by atoms with Crippen LogP contribution in [0.25, 0.3) is 0 Å². The van der Waals surface area contributed by atoms with E-state index in [4.69, 9.17) is 4.74 Å². The molecule has 0 unspecified atom stereocenters. The SMILES string of the molecule is CCc1ccc(N(C(=O)CNC(=O)c2cccs2)[C@H](C(=O)NC[C@@H]2CCCO2)c2ccccc2)cc1. The fourth-order valence-corrected chi connectivity index (χ4v) is 4.87.